The van der Waals surface area contributed by atoms with E-state index >= 15 is 0 Å². The van der Waals surface area contributed by atoms with Crippen LogP contribution >= 0.6 is 0 Å². The maximum Gasteiger partial charge on any atom is 0.281 e. The van der Waals surface area contributed by atoms with Gasteiger partial charge in [-0.3, -0.25) is 9.59 Å². The molecule has 1 N–H and O–H groups in total. The van der Waals surface area contributed by atoms with Gasteiger partial charge >= 0.3 is 0 Å². The van der Waals surface area contributed by atoms with Gasteiger partial charge in [0.15, 0.2) is 22.7 Å². The second-order valence-corrected chi connectivity index (χ2v) is 7.81. The summed E-state index contributed by atoms with van der Waals surface area (Å²) in [6.45, 7) is 3.66. The van der Waals surface area contributed by atoms with Gasteiger partial charge in [0, 0.05) is 19.6 Å². The monoisotopic (exact) mass is 426 g/mol. The van der Waals surface area contributed by atoms with Crippen molar-refractivity contribution in [1.82, 2.24) is 29.9 Å². The molecule has 1 aliphatic rings. The number of aromatic amines is 1. The highest BCUT2D eigenvalue weighted by atomic mass is 16.5. The Morgan fingerprint density at radius 3 is 2.84 bits per heavy atom. The zero-order valence-corrected chi connectivity index (χ0v) is 17.9. The Bertz CT molecular complexity index is 1150. The number of amides is 1. The van der Waals surface area contributed by atoms with E-state index in [1.54, 1.807) is 25.8 Å². The van der Waals surface area contributed by atoms with E-state index in [1.165, 1.54) is 0 Å². The number of H-pyrrole nitrogens is 1. The predicted molar refractivity (Wildman–Crippen MR) is 113 cm³/mol. The van der Waals surface area contributed by atoms with Gasteiger partial charge in [0.05, 0.1) is 20.6 Å². The summed E-state index contributed by atoms with van der Waals surface area (Å²) in [6.07, 6.45) is 2.20. The molecule has 1 aromatic carbocycles. The number of carbonyl (C=O) groups is 1. The molecule has 10 nitrogen and oxygen atoms in total. The van der Waals surface area contributed by atoms with Crippen LogP contribution in [-0.4, -0.2) is 63.1 Å². The van der Waals surface area contributed by atoms with Crippen molar-refractivity contribution in [1.29, 1.82) is 0 Å². The van der Waals surface area contributed by atoms with Crippen LogP contribution in [0, 0.1) is 12.8 Å². The first-order valence-electron chi connectivity index (χ1n) is 10.3. The van der Waals surface area contributed by atoms with Crippen molar-refractivity contribution in [2.75, 3.05) is 27.3 Å². The molecule has 1 amide bonds. The lowest BCUT2D eigenvalue weighted by Gasteiger charge is -2.32. The van der Waals surface area contributed by atoms with E-state index in [4.69, 9.17) is 9.47 Å². The zero-order valence-electron chi connectivity index (χ0n) is 17.9. The molecule has 0 radical (unpaired) electrons. The minimum Gasteiger partial charge on any atom is -0.493 e. The molecule has 1 saturated heterocycles. The van der Waals surface area contributed by atoms with Crippen LogP contribution in [0.2, 0.25) is 0 Å². The van der Waals surface area contributed by atoms with E-state index in [0.29, 0.717) is 42.5 Å². The van der Waals surface area contributed by atoms with Gasteiger partial charge in [-0.1, -0.05) is 11.3 Å². The molecule has 0 spiro atoms. The van der Waals surface area contributed by atoms with Crippen LogP contribution in [0.5, 0.6) is 11.5 Å². The van der Waals surface area contributed by atoms with Gasteiger partial charge < -0.3 is 19.4 Å². The third kappa shape index (κ3) is 4.37. The van der Waals surface area contributed by atoms with Crippen LogP contribution < -0.4 is 15.0 Å². The predicted octanol–water partition coefficient (Wildman–Crippen LogP) is 1.32. The van der Waals surface area contributed by atoms with Gasteiger partial charge in [-0.05, 0) is 43.4 Å². The first-order valence-corrected chi connectivity index (χ1v) is 10.3. The van der Waals surface area contributed by atoms with Gasteiger partial charge in [0.25, 0.3) is 5.56 Å². The Morgan fingerprint density at radius 1 is 1.26 bits per heavy atom. The van der Waals surface area contributed by atoms with Crippen molar-refractivity contribution in [3.63, 3.8) is 0 Å². The fraction of sp³-hybridized carbons (Fsp3) is 0.476. The maximum atomic E-state index is 12.9. The van der Waals surface area contributed by atoms with E-state index in [1.807, 2.05) is 23.1 Å². The van der Waals surface area contributed by atoms with E-state index in [2.05, 4.69) is 20.3 Å². The number of piperidine rings is 1. The number of hydrogen-bond acceptors (Lipinski definition) is 7. The van der Waals surface area contributed by atoms with Gasteiger partial charge in [0.2, 0.25) is 5.91 Å². The van der Waals surface area contributed by atoms with Gasteiger partial charge in [-0.15, -0.1) is 5.10 Å². The number of fused-ring (bicyclic) bond motifs is 1. The molecule has 4 rings (SSSR count). The molecule has 1 atom stereocenters. The topological polar surface area (TPSA) is 115 Å². The van der Waals surface area contributed by atoms with E-state index in [-0.39, 0.29) is 22.9 Å². The third-order valence-electron chi connectivity index (χ3n) is 5.60. The van der Waals surface area contributed by atoms with Crippen LogP contribution in [0.1, 0.15) is 24.2 Å². The molecule has 0 aliphatic carbocycles. The first-order chi connectivity index (χ1) is 15.0. The molecule has 164 valence electrons. The van der Waals surface area contributed by atoms with E-state index in [0.717, 1.165) is 24.9 Å². The number of hydrogen-bond donors (Lipinski definition) is 1. The number of aromatic nitrogens is 5. The highest BCUT2D eigenvalue weighted by Gasteiger charge is 2.25. The summed E-state index contributed by atoms with van der Waals surface area (Å²) in [5.41, 5.74) is 1.31. The highest BCUT2D eigenvalue weighted by Crippen LogP contribution is 2.28. The van der Waals surface area contributed by atoms with Crippen molar-refractivity contribution in [2.45, 2.75) is 32.7 Å². The fourth-order valence-electron chi connectivity index (χ4n) is 4.06. The number of nitrogens with one attached hydrogen (secondary N) is 1. The molecular formula is C21H26N6O4. The highest BCUT2D eigenvalue weighted by molar-refractivity contribution is 5.79. The zero-order chi connectivity index (χ0) is 22.0. The van der Waals surface area contributed by atoms with Crippen molar-refractivity contribution in [2.24, 2.45) is 5.92 Å². The molecule has 3 heterocycles. The summed E-state index contributed by atoms with van der Waals surface area (Å²) in [5, 5.41) is 8.09. The van der Waals surface area contributed by atoms with Crippen LogP contribution in [-0.2, 0) is 17.8 Å². The van der Waals surface area contributed by atoms with E-state index in [9.17, 15) is 9.59 Å². The molecule has 0 unspecified atom stereocenters. The standard InChI is InChI=1S/C21H26N6O4/c1-13-22-20-19(21(29)23-13)24-25-27(20)12-15-5-4-8-26(11-15)18(28)10-14-6-7-16(30-2)17(9-14)31-3/h6-7,9,15H,4-5,8,10-12H2,1-3H3,(H,22,23,29)/t15-/m1/s1. The third-order valence-corrected chi connectivity index (χ3v) is 5.60. The fourth-order valence-corrected chi connectivity index (χ4v) is 4.06. The van der Waals surface area contributed by atoms with Crippen molar-refractivity contribution in [3.05, 3.63) is 39.9 Å². The lowest BCUT2D eigenvalue weighted by molar-refractivity contribution is -0.132. The molecule has 0 saturated carbocycles. The van der Waals surface area contributed by atoms with Gasteiger partial charge in [-0.2, -0.15) is 0 Å². The normalized spacial score (nSPS) is 16.5. The Labute approximate surface area is 179 Å². The van der Waals surface area contributed by atoms with Gasteiger partial charge in [0.1, 0.15) is 5.82 Å². The lowest BCUT2D eigenvalue weighted by Crippen LogP contribution is -2.42. The Balaban J connectivity index is 1.44. The molecule has 0 bridgehead atoms. The maximum absolute atomic E-state index is 12.9. The second-order valence-electron chi connectivity index (χ2n) is 7.81. The van der Waals surface area contributed by atoms with Crippen molar-refractivity contribution in [3.8, 4) is 11.5 Å². The average Bonchev–Trinajstić information content (AvgIpc) is 3.16. The molecule has 31 heavy (non-hydrogen) atoms. The van der Waals surface area contributed by atoms with Crippen molar-refractivity contribution < 1.29 is 14.3 Å². The smallest absolute Gasteiger partial charge is 0.281 e. The Kier molecular flexibility index (Phi) is 5.88. The van der Waals surface area contributed by atoms with E-state index < -0.39 is 0 Å². The molecular weight excluding hydrogens is 400 g/mol. The number of carbonyl (C=O) groups excluding carboxylic acids is 1. The second kappa shape index (κ2) is 8.75. The number of nitrogens with zero attached hydrogens (tertiary/aromatic N) is 5. The Hall–Kier alpha value is -3.43. The summed E-state index contributed by atoms with van der Waals surface area (Å²) in [6, 6.07) is 5.53. The summed E-state index contributed by atoms with van der Waals surface area (Å²) in [5.74, 6) is 2.07. The van der Waals surface area contributed by atoms with Crippen LogP contribution in [0.15, 0.2) is 23.0 Å². The quantitative estimate of drug-likeness (QED) is 0.632. The molecule has 3 aromatic rings. The molecule has 2 aromatic heterocycles. The van der Waals surface area contributed by atoms with Crippen LogP contribution in [0.4, 0.5) is 0 Å². The molecule has 10 heteroatoms. The Morgan fingerprint density at radius 2 is 2.06 bits per heavy atom. The minimum atomic E-state index is -0.288. The summed E-state index contributed by atoms with van der Waals surface area (Å²) >= 11 is 0. The number of methoxy groups -OCH3 is 2. The number of likely N-dealkylation sites (tertiary alicyclic amines) is 1. The summed E-state index contributed by atoms with van der Waals surface area (Å²) < 4.78 is 12.3. The molecule has 1 fully saturated rings. The lowest BCUT2D eigenvalue weighted by atomic mass is 9.97. The number of benzene rings is 1. The minimum absolute atomic E-state index is 0.0748. The van der Waals surface area contributed by atoms with Crippen molar-refractivity contribution >= 4 is 17.1 Å². The number of ether oxygens (including phenoxy) is 2. The summed E-state index contributed by atoms with van der Waals surface area (Å²) in [7, 11) is 3.17. The summed E-state index contributed by atoms with van der Waals surface area (Å²) in [4.78, 5) is 33.9. The largest absolute Gasteiger partial charge is 0.493 e. The number of aryl methyl sites for hydroxylation is 1. The van der Waals surface area contributed by atoms with Crippen LogP contribution in [0.3, 0.4) is 0 Å². The average molecular weight is 426 g/mol. The SMILES string of the molecule is COc1ccc(CC(=O)N2CCC[C@@H](Cn3nnc4c(=O)[nH]c(C)nc43)C2)cc1OC. The van der Waals surface area contributed by atoms with Crippen LogP contribution in [0.25, 0.3) is 11.2 Å². The molecule has 1 aliphatic heterocycles. The van der Waals surface area contributed by atoms with Gasteiger partial charge in [-0.25, -0.2) is 9.67 Å². The number of rotatable bonds is 6. The first kappa shape index (κ1) is 20.8.